The molecule has 0 amide bonds. The van der Waals surface area contributed by atoms with Crippen LogP contribution in [0.1, 0.15) is 12.5 Å². The Bertz CT molecular complexity index is 648. The molecule has 2 aromatic rings. The highest BCUT2D eigenvalue weighted by molar-refractivity contribution is 5.92. The molecule has 0 aliphatic carbocycles. The van der Waals surface area contributed by atoms with Crippen LogP contribution in [-0.2, 0) is 20.9 Å². The molecule has 104 valence electrons. The highest BCUT2D eigenvalue weighted by atomic mass is 16.7. The van der Waals surface area contributed by atoms with Gasteiger partial charge in [0, 0.05) is 12.3 Å². The Morgan fingerprint density at radius 1 is 1.10 bits per heavy atom. The van der Waals surface area contributed by atoms with Crippen LogP contribution in [-0.4, -0.2) is 12.1 Å². The van der Waals surface area contributed by atoms with Crippen LogP contribution < -0.4 is 4.74 Å². The third-order valence-corrected chi connectivity index (χ3v) is 2.72. The zero-order valence-corrected chi connectivity index (χ0v) is 10.9. The number of fused-ring (bicyclic) bond motifs is 1. The number of hydrogen-bond donors (Lipinski definition) is 0. The van der Waals surface area contributed by atoms with E-state index in [0.717, 1.165) is 16.3 Å². The van der Waals surface area contributed by atoms with E-state index in [-0.39, 0.29) is 12.6 Å². The first-order chi connectivity index (χ1) is 9.61. The molecular formula is C15H13O5-. The lowest BCUT2D eigenvalue weighted by molar-refractivity contribution is -0.142. The predicted octanol–water partition coefficient (Wildman–Crippen LogP) is 3.21. The second kappa shape index (κ2) is 6.06. The highest BCUT2D eigenvalue weighted by Gasteiger charge is 2.10. The third-order valence-electron chi connectivity index (χ3n) is 2.72. The Balaban J connectivity index is 2.41. The van der Waals surface area contributed by atoms with Crippen LogP contribution in [0.25, 0.3) is 10.8 Å². The van der Waals surface area contributed by atoms with Gasteiger partial charge in [-0.3, -0.25) is 4.79 Å². The quantitative estimate of drug-likeness (QED) is 0.488. The minimum Gasteiger partial charge on any atom is -0.609 e. The van der Waals surface area contributed by atoms with Gasteiger partial charge in [0.05, 0.1) is 0 Å². The normalized spacial score (nSPS) is 10.1. The van der Waals surface area contributed by atoms with Crippen molar-refractivity contribution in [1.29, 1.82) is 0 Å². The zero-order valence-electron chi connectivity index (χ0n) is 10.9. The number of carbonyl (C=O) groups excluding carboxylic acids is 2. The van der Waals surface area contributed by atoms with Gasteiger partial charge in [-0.1, -0.05) is 30.3 Å². The number of rotatable bonds is 3. The molecule has 0 saturated carbocycles. The number of ether oxygens (including phenoxy) is 3. The molecule has 0 heterocycles. The lowest BCUT2D eigenvalue weighted by Gasteiger charge is -2.12. The Kier molecular flexibility index (Phi) is 4.20. The van der Waals surface area contributed by atoms with E-state index in [0.29, 0.717) is 5.75 Å². The van der Waals surface area contributed by atoms with Crippen LogP contribution in [0.5, 0.6) is 5.75 Å². The molecule has 0 aliphatic heterocycles. The summed E-state index contributed by atoms with van der Waals surface area (Å²) in [5.74, 6) is 0.0101. The van der Waals surface area contributed by atoms with Crippen molar-refractivity contribution in [3.05, 3.63) is 49.1 Å². The average molecular weight is 273 g/mol. The van der Waals surface area contributed by atoms with Crippen molar-refractivity contribution < 1.29 is 23.8 Å². The van der Waals surface area contributed by atoms with Gasteiger partial charge in [-0.2, -0.15) is 7.11 Å². The van der Waals surface area contributed by atoms with Crippen molar-refractivity contribution in [2.24, 2.45) is 0 Å². The van der Waals surface area contributed by atoms with Crippen LogP contribution in [0.3, 0.4) is 0 Å². The van der Waals surface area contributed by atoms with Gasteiger partial charge in [0.15, 0.2) is 0 Å². The van der Waals surface area contributed by atoms with Crippen LogP contribution in [0.2, 0.25) is 0 Å². The summed E-state index contributed by atoms with van der Waals surface area (Å²) in [6.45, 7) is 1.51. The molecule has 2 aromatic carbocycles. The fraction of sp³-hybridized carbons (Fsp3) is 0.133. The summed E-state index contributed by atoms with van der Waals surface area (Å²) in [5, 5.41) is 1.56. The molecule has 20 heavy (non-hydrogen) atoms. The summed E-state index contributed by atoms with van der Waals surface area (Å²) < 4.78 is 14.3. The standard InChI is InChI=1S/C15H13O5/c1-10(16)19-9-11-7-8-14(20-15(17)18-2)13-6-4-3-5-12(11)13/h3-8H,2,9H2,1H3/q-1. The van der Waals surface area contributed by atoms with Gasteiger partial charge in [0.1, 0.15) is 12.4 Å². The van der Waals surface area contributed by atoms with Gasteiger partial charge in [-0.05, 0) is 17.0 Å². The average Bonchev–Trinajstić information content (AvgIpc) is 2.46. The topological polar surface area (TPSA) is 61.8 Å². The molecule has 2 rings (SSSR count). The molecule has 0 saturated heterocycles. The van der Waals surface area contributed by atoms with Crippen LogP contribution in [0.15, 0.2) is 36.4 Å². The largest absolute Gasteiger partial charge is 0.609 e. The Morgan fingerprint density at radius 3 is 2.45 bits per heavy atom. The molecule has 0 bridgehead atoms. The fourth-order valence-electron chi connectivity index (χ4n) is 1.85. The van der Waals surface area contributed by atoms with E-state index >= 15 is 0 Å². The molecule has 0 spiro atoms. The van der Waals surface area contributed by atoms with Crippen LogP contribution in [0, 0.1) is 7.11 Å². The monoisotopic (exact) mass is 273 g/mol. The molecule has 5 heteroatoms. The lowest BCUT2D eigenvalue weighted by atomic mass is 10.0. The van der Waals surface area contributed by atoms with E-state index in [1.165, 1.54) is 6.92 Å². The minimum absolute atomic E-state index is 0.163. The van der Waals surface area contributed by atoms with Crippen LogP contribution >= 0.6 is 0 Å². The summed E-state index contributed by atoms with van der Waals surface area (Å²) in [6.07, 6.45) is -0.886. The second-order valence-corrected chi connectivity index (χ2v) is 4.05. The van der Waals surface area contributed by atoms with E-state index in [4.69, 9.17) is 9.47 Å². The van der Waals surface area contributed by atoms with Gasteiger partial charge in [-0.25, -0.2) is 4.79 Å². The molecule has 0 radical (unpaired) electrons. The van der Waals surface area contributed by atoms with Crippen molar-refractivity contribution in [2.75, 3.05) is 0 Å². The molecule has 0 aromatic heterocycles. The molecule has 0 fully saturated rings. The smallest absolute Gasteiger partial charge is 0.481 e. The molecule has 5 nitrogen and oxygen atoms in total. The van der Waals surface area contributed by atoms with E-state index in [1.807, 2.05) is 18.2 Å². The Morgan fingerprint density at radius 2 is 1.80 bits per heavy atom. The Labute approximate surface area is 116 Å². The summed E-state index contributed by atoms with van der Waals surface area (Å²) in [6, 6.07) is 10.7. The summed E-state index contributed by atoms with van der Waals surface area (Å²) in [4.78, 5) is 22.0. The van der Waals surface area contributed by atoms with E-state index in [9.17, 15) is 9.59 Å². The molecule has 0 N–H and O–H groups in total. The molecule has 0 atom stereocenters. The molecular weight excluding hydrogens is 260 g/mol. The van der Waals surface area contributed by atoms with Crippen molar-refractivity contribution in [1.82, 2.24) is 0 Å². The van der Waals surface area contributed by atoms with Crippen molar-refractivity contribution in [2.45, 2.75) is 13.5 Å². The van der Waals surface area contributed by atoms with Gasteiger partial charge >= 0.3 is 12.1 Å². The van der Waals surface area contributed by atoms with Crippen molar-refractivity contribution in [3.8, 4) is 5.75 Å². The second-order valence-electron chi connectivity index (χ2n) is 4.05. The number of hydrogen-bond acceptors (Lipinski definition) is 5. The summed E-state index contributed by atoms with van der Waals surface area (Å²) in [5.41, 5.74) is 0.825. The number of benzene rings is 2. The zero-order chi connectivity index (χ0) is 14.5. The third kappa shape index (κ3) is 3.06. The first kappa shape index (κ1) is 13.9. The van der Waals surface area contributed by atoms with Crippen LogP contribution in [0.4, 0.5) is 4.79 Å². The first-order valence-electron chi connectivity index (χ1n) is 5.89. The molecule has 0 unspecified atom stereocenters. The number of carbonyl (C=O) groups is 2. The van der Waals surface area contributed by atoms with E-state index < -0.39 is 6.16 Å². The van der Waals surface area contributed by atoms with E-state index in [2.05, 4.69) is 11.8 Å². The maximum Gasteiger partial charge on any atom is 0.481 e. The molecule has 0 aliphatic rings. The minimum atomic E-state index is -0.886. The van der Waals surface area contributed by atoms with Crippen molar-refractivity contribution in [3.63, 3.8) is 0 Å². The SMILES string of the molecule is [CH2-]OC(=O)Oc1ccc(COC(C)=O)c2ccccc12. The first-order valence-corrected chi connectivity index (χ1v) is 5.89. The lowest BCUT2D eigenvalue weighted by Crippen LogP contribution is -2.07. The van der Waals surface area contributed by atoms with Gasteiger partial charge < -0.3 is 14.2 Å². The maximum atomic E-state index is 11.1. The summed E-state index contributed by atoms with van der Waals surface area (Å²) >= 11 is 0. The van der Waals surface area contributed by atoms with Gasteiger partial charge in [0.25, 0.3) is 0 Å². The van der Waals surface area contributed by atoms with Gasteiger partial charge in [0.2, 0.25) is 0 Å². The maximum absolute atomic E-state index is 11.1. The van der Waals surface area contributed by atoms with E-state index in [1.54, 1.807) is 18.2 Å². The van der Waals surface area contributed by atoms with Gasteiger partial charge in [-0.15, -0.1) is 0 Å². The highest BCUT2D eigenvalue weighted by Crippen LogP contribution is 2.29. The fourth-order valence-corrected chi connectivity index (χ4v) is 1.85. The number of esters is 1. The predicted molar refractivity (Wildman–Crippen MR) is 71.9 cm³/mol. The Hall–Kier alpha value is -2.56. The van der Waals surface area contributed by atoms with Crippen molar-refractivity contribution >= 4 is 22.9 Å². The summed E-state index contributed by atoms with van der Waals surface area (Å²) in [7, 11) is 3.00.